The van der Waals surface area contributed by atoms with Gasteiger partial charge < -0.3 is 13.6 Å². The van der Waals surface area contributed by atoms with Crippen LogP contribution in [-0.4, -0.2) is 20.3 Å². The molecule has 0 aromatic heterocycles. The van der Waals surface area contributed by atoms with E-state index in [0.717, 1.165) is 12.8 Å². The van der Waals surface area contributed by atoms with E-state index in [9.17, 15) is 0 Å². The van der Waals surface area contributed by atoms with E-state index in [1.54, 1.807) is 14.2 Å². The van der Waals surface area contributed by atoms with E-state index in [1.807, 2.05) is 0 Å². The molecule has 1 fully saturated rings. The van der Waals surface area contributed by atoms with Gasteiger partial charge in [-0.15, -0.1) is 0 Å². The number of hydrogen-bond donors (Lipinski definition) is 0. The summed E-state index contributed by atoms with van der Waals surface area (Å²) >= 11 is 0. The maximum Gasteiger partial charge on any atom is 0.332 e. The Bertz CT molecular complexity index is 99.9. The lowest BCUT2D eigenvalue weighted by molar-refractivity contribution is 0.149. The lowest BCUT2D eigenvalue weighted by Gasteiger charge is -2.16. The first-order valence-corrected chi connectivity index (χ1v) is 5.01. The van der Waals surface area contributed by atoms with E-state index < -0.39 is 8.60 Å². The van der Waals surface area contributed by atoms with Gasteiger partial charge in [0, 0.05) is 14.2 Å². The van der Waals surface area contributed by atoms with Gasteiger partial charge in [-0.25, -0.2) is 0 Å². The molecule has 0 heterocycles. The van der Waals surface area contributed by atoms with Gasteiger partial charge in [-0.3, -0.25) is 0 Å². The molecule has 3 nitrogen and oxygen atoms in total. The molecule has 0 unspecified atom stereocenters. The first-order valence-electron chi connectivity index (χ1n) is 3.92. The molecule has 11 heavy (non-hydrogen) atoms. The Morgan fingerprint density at radius 2 is 1.64 bits per heavy atom. The molecule has 0 aromatic rings. The fourth-order valence-corrected chi connectivity index (χ4v) is 2.05. The quantitative estimate of drug-likeness (QED) is 0.619. The highest BCUT2D eigenvalue weighted by molar-refractivity contribution is 7.41. The summed E-state index contributed by atoms with van der Waals surface area (Å²) in [5.74, 6) is 0. The fourth-order valence-electron chi connectivity index (χ4n) is 1.28. The van der Waals surface area contributed by atoms with E-state index >= 15 is 0 Å². The van der Waals surface area contributed by atoms with Crippen molar-refractivity contribution in [2.45, 2.75) is 31.8 Å². The summed E-state index contributed by atoms with van der Waals surface area (Å²) in [6.07, 6.45) is 5.25. The van der Waals surface area contributed by atoms with E-state index in [1.165, 1.54) is 12.8 Å². The summed E-state index contributed by atoms with van der Waals surface area (Å²) in [7, 11) is 2.16. The van der Waals surface area contributed by atoms with Crippen LogP contribution in [0.3, 0.4) is 0 Å². The molecule has 0 atom stereocenters. The largest absolute Gasteiger partial charge is 0.332 e. The average molecular weight is 178 g/mol. The third-order valence-corrected chi connectivity index (χ3v) is 2.90. The zero-order valence-corrected chi connectivity index (χ0v) is 7.97. The van der Waals surface area contributed by atoms with Crippen LogP contribution >= 0.6 is 8.60 Å². The smallest absolute Gasteiger partial charge is 0.316 e. The van der Waals surface area contributed by atoms with Gasteiger partial charge in [-0.05, 0) is 12.8 Å². The van der Waals surface area contributed by atoms with E-state index in [0.29, 0.717) is 6.10 Å². The molecular formula is C7H15O3P. The minimum absolute atomic E-state index is 0.376. The summed E-state index contributed by atoms with van der Waals surface area (Å²) in [5.41, 5.74) is 0. The highest BCUT2D eigenvalue weighted by Crippen LogP contribution is 2.42. The molecule has 0 aliphatic heterocycles. The predicted molar refractivity (Wildman–Crippen MR) is 44.3 cm³/mol. The van der Waals surface area contributed by atoms with Crippen LogP contribution in [0.4, 0.5) is 0 Å². The monoisotopic (exact) mass is 178 g/mol. The van der Waals surface area contributed by atoms with Crippen molar-refractivity contribution < 1.29 is 13.6 Å². The van der Waals surface area contributed by atoms with Gasteiger partial charge in [-0.1, -0.05) is 12.8 Å². The summed E-state index contributed by atoms with van der Waals surface area (Å²) in [5, 5.41) is 0. The van der Waals surface area contributed by atoms with Crippen LogP contribution in [-0.2, 0) is 13.6 Å². The SMILES string of the molecule is COP(OC)OC1CCCC1. The molecule has 1 aliphatic rings. The molecule has 66 valence electrons. The van der Waals surface area contributed by atoms with Crippen molar-refractivity contribution in [3.05, 3.63) is 0 Å². The molecule has 0 bridgehead atoms. The second kappa shape index (κ2) is 5.04. The van der Waals surface area contributed by atoms with Crippen LogP contribution in [0, 0.1) is 0 Å². The average Bonchev–Trinajstić information content (AvgIpc) is 2.52. The fraction of sp³-hybridized carbons (Fsp3) is 1.00. The predicted octanol–water partition coefficient (Wildman–Crippen LogP) is 2.47. The van der Waals surface area contributed by atoms with Crippen LogP contribution in [0.1, 0.15) is 25.7 Å². The Kier molecular flexibility index (Phi) is 4.31. The van der Waals surface area contributed by atoms with Gasteiger partial charge in [0.2, 0.25) is 0 Å². The van der Waals surface area contributed by atoms with E-state index in [2.05, 4.69) is 0 Å². The summed E-state index contributed by atoms with van der Waals surface area (Å²) < 4.78 is 15.5. The molecule has 0 saturated heterocycles. The molecule has 0 amide bonds. The van der Waals surface area contributed by atoms with Gasteiger partial charge >= 0.3 is 8.60 Å². The second-order valence-corrected chi connectivity index (χ2v) is 3.99. The zero-order valence-electron chi connectivity index (χ0n) is 7.08. The molecule has 0 N–H and O–H groups in total. The Balaban J connectivity index is 2.16. The van der Waals surface area contributed by atoms with Crippen molar-refractivity contribution >= 4 is 8.60 Å². The van der Waals surface area contributed by atoms with Gasteiger partial charge in [-0.2, -0.15) is 0 Å². The van der Waals surface area contributed by atoms with Gasteiger partial charge in [0.05, 0.1) is 6.10 Å². The van der Waals surface area contributed by atoms with Crippen molar-refractivity contribution in [1.29, 1.82) is 0 Å². The van der Waals surface area contributed by atoms with E-state index in [4.69, 9.17) is 13.6 Å². The maximum atomic E-state index is 5.53. The normalized spacial score (nSPS) is 19.9. The highest BCUT2D eigenvalue weighted by Gasteiger charge is 2.20. The third kappa shape index (κ3) is 3.04. The molecule has 0 radical (unpaired) electrons. The first-order chi connectivity index (χ1) is 5.36. The lowest BCUT2D eigenvalue weighted by Crippen LogP contribution is -2.04. The van der Waals surface area contributed by atoms with Crippen molar-refractivity contribution in [2.24, 2.45) is 0 Å². The summed E-state index contributed by atoms with van der Waals surface area (Å²) in [6.45, 7) is 0. The Labute approximate surface area is 69.0 Å². The Morgan fingerprint density at radius 3 is 2.09 bits per heavy atom. The van der Waals surface area contributed by atoms with Crippen LogP contribution in [0.25, 0.3) is 0 Å². The van der Waals surface area contributed by atoms with Crippen LogP contribution in [0.15, 0.2) is 0 Å². The van der Waals surface area contributed by atoms with E-state index in [-0.39, 0.29) is 0 Å². The Hall–Kier alpha value is 0.310. The number of hydrogen-bond acceptors (Lipinski definition) is 3. The minimum Gasteiger partial charge on any atom is -0.316 e. The molecule has 1 aliphatic carbocycles. The van der Waals surface area contributed by atoms with Gasteiger partial charge in [0.1, 0.15) is 0 Å². The standard InChI is InChI=1S/C7H15O3P/c1-8-11(9-2)10-7-5-3-4-6-7/h7H,3-6H2,1-2H3. The second-order valence-electron chi connectivity index (χ2n) is 2.60. The van der Waals surface area contributed by atoms with Crippen molar-refractivity contribution in [2.75, 3.05) is 14.2 Å². The van der Waals surface area contributed by atoms with Gasteiger partial charge in [0.15, 0.2) is 0 Å². The van der Waals surface area contributed by atoms with Crippen LogP contribution in [0.5, 0.6) is 0 Å². The van der Waals surface area contributed by atoms with Crippen molar-refractivity contribution in [3.8, 4) is 0 Å². The van der Waals surface area contributed by atoms with Crippen LogP contribution < -0.4 is 0 Å². The van der Waals surface area contributed by atoms with Gasteiger partial charge in [0.25, 0.3) is 0 Å². The Morgan fingerprint density at radius 1 is 1.09 bits per heavy atom. The minimum atomic E-state index is -1.07. The molecule has 0 aromatic carbocycles. The van der Waals surface area contributed by atoms with Crippen LogP contribution in [0.2, 0.25) is 0 Å². The van der Waals surface area contributed by atoms with Crippen molar-refractivity contribution in [3.63, 3.8) is 0 Å². The highest BCUT2D eigenvalue weighted by atomic mass is 31.2. The third-order valence-electron chi connectivity index (χ3n) is 1.84. The molecule has 1 rings (SSSR count). The molecule has 4 heteroatoms. The van der Waals surface area contributed by atoms with Crippen molar-refractivity contribution in [1.82, 2.24) is 0 Å². The molecule has 0 spiro atoms. The topological polar surface area (TPSA) is 27.7 Å². The zero-order chi connectivity index (χ0) is 8.10. The molecular weight excluding hydrogens is 163 g/mol. The molecule has 1 saturated carbocycles. The number of rotatable bonds is 4. The summed E-state index contributed by atoms with van der Waals surface area (Å²) in [4.78, 5) is 0. The lowest BCUT2D eigenvalue weighted by atomic mass is 10.3. The summed E-state index contributed by atoms with van der Waals surface area (Å²) in [6, 6.07) is 0. The first kappa shape index (κ1) is 9.40. The maximum absolute atomic E-state index is 5.53.